The number of hydrogen-bond donors (Lipinski definition) is 1. The highest BCUT2D eigenvalue weighted by Gasteiger charge is 2.24. The van der Waals surface area contributed by atoms with Crippen molar-refractivity contribution in [2.45, 2.75) is 26.3 Å². The van der Waals surface area contributed by atoms with Gasteiger partial charge in [-0.3, -0.25) is 0 Å². The van der Waals surface area contributed by atoms with Gasteiger partial charge in [-0.1, -0.05) is 20.3 Å². The predicted molar refractivity (Wildman–Crippen MR) is 31.2 cm³/mol. The van der Waals surface area contributed by atoms with Crippen LogP contribution in [0.3, 0.4) is 0 Å². The minimum Gasteiger partial charge on any atom is -0.311 e. The van der Waals surface area contributed by atoms with Crippen LogP contribution in [0.1, 0.15) is 20.3 Å². The Bertz CT molecular complexity index is 57.2. The molecule has 0 bridgehead atoms. The standard InChI is InChI=1S/C6H13N/c1-3-5(2)6-4-7-6/h5-7H,3-4H2,1-2H3/t5?,6-/m1/s1. The van der Waals surface area contributed by atoms with Crippen molar-refractivity contribution >= 4 is 0 Å². The van der Waals surface area contributed by atoms with Crippen LogP contribution >= 0.6 is 0 Å². The average Bonchev–Trinajstić information content (AvgIpc) is 2.44. The molecule has 0 saturated carbocycles. The van der Waals surface area contributed by atoms with E-state index in [0.29, 0.717) is 0 Å². The van der Waals surface area contributed by atoms with Crippen LogP contribution in [0, 0.1) is 5.92 Å². The normalized spacial score (nSPS) is 32.6. The van der Waals surface area contributed by atoms with E-state index in [4.69, 9.17) is 0 Å². The predicted octanol–water partition coefficient (Wildman–Crippen LogP) is 1.00. The molecule has 1 rings (SSSR count). The zero-order valence-corrected chi connectivity index (χ0v) is 5.07. The van der Waals surface area contributed by atoms with Gasteiger partial charge in [0.15, 0.2) is 0 Å². The summed E-state index contributed by atoms with van der Waals surface area (Å²) in [5.41, 5.74) is 0. The van der Waals surface area contributed by atoms with E-state index in [0.717, 1.165) is 12.0 Å². The molecule has 0 spiro atoms. The number of hydrogen-bond acceptors (Lipinski definition) is 1. The molecule has 0 amide bonds. The molecule has 2 atom stereocenters. The Morgan fingerprint density at radius 2 is 2.43 bits per heavy atom. The second-order valence-electron chi connectivity index (χ2n) is 2.40. The molecule has 1 heterocycles. The first-order valence-corrected chi connectivity index (χ1v) is 3.08. The van der Waals surface area contributed by atoms with Gasteiger partial charge < -0.3 is 5.32 Å². The maximum absolute atomic E-state index is 3.29. The van der Waals surface area contributed by atoms with E-state index in [2.05, 4.69) is 19.2 Å². The zero-order chi connectivity index (χ0) is 5.28. The van der Waals surface area contributed by atoms with Gasteiger partial charge in [0.05, 0.1) is 0 Å². The van der Waals surface area contributed by atoms with Crippen molar-refractivity contribution in [2.75, 3.05) is 6.54 Å². The minimum atomic E-state index is 0.866. The molecule has 0 radical (unpaired) electrons. The smallest absolute Gasteiger partial charge is 0.0218 e. The van der Waals surface area contributed by atoms with Crippen LogP contribution in [0.2, 0.25) is 0 Å². The van der Waals surface area contributed by atoms with Crippen molar-refractivity contribution in [3.8, 4) is 0 Å². The summed E-state index contributed by atoms with van der Waals surface area (Å²) < 4.78 is 0. The summed E-state index contributed by atoms with van der Waals surface area (Å²) in [6.07, 6.45) is 1.32. The highest BCUT2D eigenvalue weighted by Crippen LogP contribution is 2.13. The molecular weight excluding hydrogens is 86.1 g/mol. The van der Waals surface area contributed by atoms with E-state index in [1.807, 2.05) is 0 Å². The van der Waals surface area contributed by atoms with Gasteiger partial charge in [0, 0.05) is 12.6 Å². The van der Waals surface area contributed by atoms with Gasteiger partial charge in [-0.25, -0.2) is 0 Å². The Balaban J connectivity index is 2.10. The maximum Gasteiger partial charge on any atom is 0.0218 e. The van der Waals surface area contributed by atoms with Gasteiger partial charge in [-0.05, 0) is 5.92 Å². The van der Waals surface area contributed by atoms with Crippen LogP contribution in [-0.4, -0.2) is 12.6 Å². The van der Waals surface area contributed by atoms with E-state index in [1.165, 1.54) is 13.0 Å². The number of rotatable bonds is 2. The fourth-order valence-corrected chi connectivity index (χ4v) is 0.755. The molecule has 1 aliphatic heterocycles. The van der Waals surface area contributed by atoms with E-state index in [1.54, 1.807) is 0 Å². The van der Waals surface area contributed by atoms with Crippen LogP contribution < -0.4 is 5.32 Å². The summed E-state index contributed by atoms with van der Waals surface area (Å²) in [6.45, 7) is 5.80. The second kappa shape index (κ2) is 1.83. The fraction of sp³-hybridized carbons (Fsp3) is 1.00. The van der Waals surface area contributed by atoms with Crippen molar-refractivity contribution in [2.24, 2.45) is 5.92 Å². The lowest BCUT2D eigenvalue weighted by molar-refractivity contribution is 0.550. The van der Waals surface area contributed by atoms with Crippen molar-refractivity contribution in [3.05, 3.63) is 0 Å². The third-order valence-corrected chi connectivity index (χ3v) is 1.77. The third-order valence-electron chi connectivity index (χ3n) is 1.77. The van der Waals surface area contributed by atoms with Crippen LogP contribution in [-0.2, 0) is 0 Å². The molecule has 7 heavy (non-hydrogen) atoms. The average molecular weight is 99.2 g/mol. The minimum absolute atomic E-state index is 0.866. The second-order valence-corrected chi connectivity index (χ2v) is 2.40. The molecule has 0 aliphatic carbocycles. The van der Waals surface area contributed by atoms with Crippen molar-refractivity contribution < 1.29 is 0 Å². The van der Waals surface area contributed by atoms with Gasteiger partial charge in [0.1, 0.15) is 0 Å². The molecule has 0 aromatic heterocycles. The first kappa shape index (κ1) is 5.10. The quantitative estimate of drug-likeness (QED) is 0.513. The molecular formula is C6H13N. The van der Waals surface area contributed by atoms with E-state index in [9.17, 15) is 0 Å². The first-order chi connectivity index (χ1) is 3.34. The van der Waals surface area contributed by atoms with Crippen LogP contribution in [0.4, 0.5) is 0 Å². The zero-order valence-electron chi connectivity index (χ0n) is 5.07. The molecule has 0 aromatic carbocycles. The third kappa shape index (κ3) is 1.16. The topological polar surface area (TPSA) is 21.9 Å². The lowest BCUT2D eigenvalue weighted by Crippen LogP contribution is -2.03. The summed E-state index contributed by atoms with van der Waals surface area (Å²) in [5.74, 6) is 0.903. The van der Waals surface area contributed by atoms with E-state index < -0.39 is 0 Å². The Labute approximate surface area is 45.1 Å². The van der Waals surface area contributed by atoms with Crippen LogP contribution in [0.15, 0.2) is 0 Å². The highest BCUT2D eigenvalue weighted by atomic mass is 15.1. The van der Waals surface area contributed by atoms with Crippen molar-refractivity contribution in [1.29, 1.82) is 0 Å². The van der Waals surface area contributed by atoms with Crippen LogP contribution in [0.5, 0.6) is 0 Å². The molecule has 42 valence electrons. The Kier molecular flexibility index (Phi) is 1.33. The van der Waals surface area contributed by atoms with Gasteiger partial charge in [-0.15, -0.1) is 0 Å². The Morgan fingerprint density at radius 3 is 2.57 bits per heavy atom. The van der Waals surface area contributed by atoms with Crippen molar-refractivity contribution in [1.82, 2.24) is 5.32 Å². The molecule has 1 unspecified atom stereocenters. The first-order valence-electron chi connectivity index (χ1n) is 3.08. The molecule has 1 aliphatic rings. The maximum atomic E-state index is 3.29. The summed E-state index contributed by atoms with van der Waals surface area (Å²) in [6, 6.07) is 0.866. The molecule has 1 fully saturated rings. The summed E-state index contributed by atoms with van der Waals surface area (Å²) in [5, 5.41) is 3.29. The lowest BCUT2D eigenvalue weighted by Gasteiger charge is -2.00. The van der Waals surface area contributed by atoms with Gasteiger partial charge in [-0.2, -0.15) is 0 Å². The summed E-state index contributed by atoms with van der Waals surface area (Å²) in [7, 11) is 0. The Morgan fingerprint density at radius 1 is 1.86 bits per heavy atom. The molecule has 1 N–H and O–H groups in total. The SMILES string of the molecule is CCC(C)[C@H]1CN1. The summed E-state index contributed by atoms with van der Waals surface area (Å²) in [4.78, 5) is 0. The monoisotopic (exact) mass is 99.1 g/mol. The van der Waals surface area contributed by atoms with Gasteiger partial charge in [0.25, 0.3) is 0 Å². The van der Waals surface area contributed by atoms with Crippen LogP contribution in [0.25, 0.3) is 0 Å². The van der Waals surface area contributed by atoms with Gasteiger partial charge in [0.2, 0.25) is 0 Å². The van der Waals surface area contributed by atoms with Gasteiger partial charge >= 0.3 is 0 Å². The van der Waals surface area contributed by atoms with E-state index in [-0.39, 0.29) is 0 Å². The summed E-state index contributed by atoms with van der Waals surface area (Å²) >= 11 is 0. The lowest BCUT2D eigenvalue weighted by atomic mass is 10.1. The number of nitrogens with one attached hydrogen (secondary N) is 1. The molecule has 1 saturated heterocycles. The molecule has 1 nitrogen and oxygen atoms in total. The molecule has 1 heteroatoms. The largest absolute Gasteiger partial charge is 0.311 e. The fourth-order valence-electron chi connectivity index (χ4n) is 0.755. The van der Waals surface area contributed by atoms with Crippen molar-refractivity contribution in [3.63, 3.8) is 0 Å². The molecule has 0 aromatic rings. The Hall–Kier alpha value is -0.0400. The van der Waals surface area contributed by atoms with E-state index >= 15 is 0 Å². The highest BCUT2D eigenvalue weighted by molar-refractivity contribution is 4.86.